The summed E-state index contributed by atoms with van der Waals surface area (Å²) < 4.78 is 13.6. The molecule has 0 radical (unpaired) electrons. The topological polar surface area (TPSA) is 154 Å². The number of aliphatic hydroxyl groups is 1. The number of benzene rings is 7. The molecule has 3 aliphatic heterocycles. The first-order valence-corrected chi connectivity index (χ1v) is 26.1. The number of imide groups is 1. The fraction of sp³-hybridized carbons (Fsp3) is 0.210. The lowest BCUT2D eigenvalue weighted by Gasteiger charge is -2.46. The van der Waals surface area contributed by atoms with Gasteiger partial charge in [-0.05, 0) is 89.8 Å². The number of nitrogens with zero attached hydrogens (tertiary/aromatic N) is 4. The Kier molecular flexibility index (Phi) is 14.0. The number of rotatable bonds is 13. The largest absolute Gasteiger partial charge is 0.491 e. The second-order valence-corrected chi connectivity index (χ2v) is 20.3. The number of hydrogen-bond donors (Lipinski definition) is 3. The van der Waals surface area contributed by atoms with Gasteiger partial charge in [0.05, 0.1) is 53.1 Å². The highest BCUT2D eigenvalue weighted by Crippen LogP contribution is 2.66. The van der Waals surface area contributed by atoms with Crippen LogP contribution in [0, 0.1) is 17.8 Å². The van der Waals surface area contributed by atoms with Crippen molar-refractivity contribution in [1.29, 1.82) is 0 Å². The molecule has 0 unspecified atom stereocenters. The number of hydrogen-bond acceptors (Lipinski definition) is 11. The van der Waals surface area contributed by atoms with Crippen LogP contribution in [0.4, 0.5) is 15.6 Å². The number of amides is 4. The van der Waals surface area contributed by atoms with Crippen molar-refractivity contribution in [2.75, 3.05) is 37.0 Å². The Balaban J connectivity index is 1.16. The maximum Gasteiger partial charge on any atom is 0.329 e. The van der Waals surface area contributed by atoms with Gasteiger partial charge in [-0.15, -0.1) is 0 Å². The van der Waals surface area contributed by atoms with Gasteiger partial charge in [0.15, 0.2) is 5.13 Å². The molecule has 380 valence electrons. The zero-order chi connectivity index (χ0) is 52.3. The number of thiazole rings is 1. The van der Waals surface area contributed by atoms with Gasteiger partial charge in [-0.25, -0.2) is 14.7 Å². The second-order valence-electron chi connectivity index (χ2n) is 19.3. The molecule has 2 fully saturated rings. The van der Waals surface area contributed by atoms with E-state index in [9.17, 15) is 5.11 Å². The van der Waals surface area contributed by atoms with E-state index in [0.717, 1.165) is 26.3 Å². The molecule has 2 saturated heterocycles. The van der Waals surface area contributed by atoms with Gasteiger partial charge in [0.1, 0.15) is 29.9 Å². The number of para-hydroxylation sites is 1. The van der Waals surface area contributed by atoms with Crippen LogP contribution in [-0.2, 0) is 31.1 Å². The fourth-order valence-electron chi connectivity index (χ4n) is 11.3. The molecule has 4 heterocycles. The Morgan fingerprint density at radius 3 is 2.20 bits per heavy atom. The summed E-state index contributed by atoms with van der Waals surface area (Å²) in [5.41, 5.74) is 3.58. The predicted octanol–water partition coefficient (Wildman–Crippen LogP) is 9.93. The Morgan fingerprint density at radius 1 is 0.803 bits per heavy atom. The smallest absolute Gasteiger partial charge is 0.329 e. The molecule has 1 spiro atoms. The molecule has 76 heavy (non-hydrogen) atoms. The van der Waals surface area contributed by atoms with Crippen LogP contribution in [-0.4, -0.2) is 76.6 Å². The van der Waals surface area contributed by atoms with Gasteiger partial charge in [-0.3, -0.25) is 24.2 Å². The van der Waals surface area contributed by atoms with Gasteiger partial charge < -0.3 is 25.2 Å². The van der Waals surface area contributed by atoms with E-state index in [1.165, 1.54) is 11.3 Å². The monoisotopic (exact) mass is 1030 g/mol. The van der Waals surface area contributed by atoms with Gasteiger partial charge in [0.25, 0.3) is 0 Å². The van der Waals surface area contributed by atoms with Crippen molar-refractivity contribution in [2.45, 2.75) is 49.2 Å². The summed E-state index contributed by atoms with van der Waals surface area (Å²) in [4.78, 5) is 74.1. The summed E-state index contributed by atoms with van der Waals surface area (Å²) in [5.74, 6) is 3.36. The molecule has 4 amide bonds. The highest BCUT2D eigenvalue weighted by molar-refractivity contribution is 7.22. The number of aliphatic hydroxyl groups excluding tert-OH is 1. The Labute approximate surface area is 444 Å². The highest BCUT2D eigenvalue weighted by Gasteiger charge is 2.75. The standard InChI is InChI=1S/C62H54N6O7S/c1-40(43-22-9-4-10-23-43)63-61(73)67-50-33-32-41(21-18-34-66(2)39-42-19-7-3-8-20-42)37-48(50)62(59(67)72)52(57(70)65-60-64-49-30-15-16-31-51(49)76-60)54-58(71)75-55(45-26-13-6-14-27-45)53(44-24-11-5-12-25-44)68(54)56(62)46-28-17-29-47(38-46)74-36-35-69/h3-17,19-20,22-33,37-38,40,52-56,69H,34-36,39H2,1-2H3,(H,63,73)(H,64,65,70)/t40-,52+,53+,54+,55-,56-,62+/m1/s1. The molecule has 3 N–H and O–H groups in total. The summed E-state index contributed by atoms with van der Waals surface area (Å²) in [6.45, 7) is 2.62. The van der Waals surface area contributed by atoms with E-state index in [4.69, 9.17) is 14.5 Å². The Morgan fingerprint density at radius 2 is 1.47 bits per heavy atom. The number of cyclic esters (lactones) is 1. The zero-order valence-corrected chi connectivity index (χ0v) is 42.6. The number of carbonyl (C=O) groups is 4. The van der Waals surface area contributed by atoms with Gasteiger partial charge >= 0.3 is 12.0 Å². The third-order valence-electron chi connectivity index (χ3n) is 14.5. The highest BCUT2D eigenvalue weighted by atomic mass is 32.1. The number of anilines is 2. The van der Waals surface area contributed by atoms with E-state index in [2.05, 4.69) is 39.5 Å². The lowest BCUT2D eigenvalue weighted by atomic mass is 9.65. The lowest BCUT2D eigenvalue weighted by molar-refractivity contribution is -0.177. The minimum atomic E-state index is -2.07. The fourth-order valence-corrected chi connectivity index (χ4v) is 12.2. The molecule has 14 heteroatoms. The van der Waals surface area contributed by atoms with Crippen LogP contribution in [0.15, 0.2) is 188 Å². The minimum Gasteiger partial charge on any atom is -0.491 e. The number of fused-ring (bicyclic) bond motifs is 4. The summed E-state index contributed by atoms with van der Waals surface area (Å²) in [5, 5.41) is 16.4. The summed E-state index contributed by atoms with van der Waals surface area (Å²) >= 11 is 1.27. The minimum absolute atomic E-state index is 0.0221. The van der Waals surface area contributed by atoms with E-state index in [1.54, 1.807) is 36.4 Å². The number of ether oxygens (including phenoxy) is 2. The third-order valence-corrected chi connectivity index (χ3v) is 15.5. The number of esters is 1. The molecule has 0 aliphatic carbocycles. The molecule has 7 aromatic carbocycles. The van der Waals surface area contributed by atoms with Crippen molar-refractivity contribution < 1.29 is 33.8 Å². The van der Waals surface area contributed by atoms with Crippen LogP contribution in [0.1, 0.15) is 70.1 Å². The Bertz CT molecular complexity index is 3460. The van der Waals surface area contributed by atoms with E-state index in [-0.39, 0.29) is 24.0 Å². The van der Waals surface area contributed by atoms with Crippen LogP contribution in [0.5, 0.6) is 5.75 Å². The number of urea groups is 1. The first kappa shape index (κ1) is 49.7. The molecule has 0 saturated carbocycles. The van der Waals surface area contributed by atoms with Gasteiger partial charge in [-0.1, -0.05) is 169 Å². The maximum atomic E-state index is 16.9. The SMILES string of the molecule is C[C@@H](NC(=O)N1C(=O)[C@@]2(c3cc(C#CCN(C)Cc4ccccc4)ccc31)[C@H](C(=O)Nc1nc3ccccc3s1)[C@H]1C(=O)O[C@H](c3ccccc3)[C@H](c3ccccc3)N1[C@@H]2c1cccc(OCCO)c1)c1ccccc1. The van der Waals surface area contributed by atoms with Crippen LogP contribution in [0.3, 0.4) is 0 Å². The van der Waals surface area contributed by atoms with Crippen molar-refractivity contribution in [3.8, 4) is 17.6 Å². The normalized spacial score (nSPS) is 21.1. The van der Waals surface area contributed by atoms with Crippen molar-refractivity contribution >= 4 is 56.2 Å². The number of carbonyl (C=O) groups excluding carboxylic acids is 4. The first-order chi connectivity index (χ1) is 37.1. The molecule has 11 rings (SSSR count). The average Bonchev–Trinajstić information content (AvgIpc) is 4.28. The van der Waals surface area contributed by atoms with Crippen molar-refractivity contribution in [1.82, 2.24) is 20.1 Å². The average molecular weight is 1030 g/mol. The summed E-state index contributed by atoms with van der Waals surface area (Å²) in [6.07, 6.45) is -0.932. The molecule has 0 bridgehead atoms. The molecule has 7 atom stereocenters. The maximum absolute atomic E-state index is 16.9. The number of morpholine rings is 1. The van der Waals surface area contributed by atoms with E-state index in [0.29, 0.717) is 46.6 Å². The van der Waals surface area contributed by atoms with Gasteiger partial charge in [0.2, 0.25) is 11.8 Å². The van der Waals surface area contributed by atoms with Gasteiger partial charge in [0, 0.05) is 12.1 Å². The lowest BCUT2D eigenvalue weighted by Crippen LogP contribution is -2.55. The van der Waals surface area contributed by atoms with Crippen LogP contribution in [0.2, 0.25) is 0 Å². The van der Waals surface area contributed by atoms with Crippen LogP contribution < -0.4 is 20.3 Å². The Hall–Kier alpha value is -8.45. The second kappa shape index (κ2) is 21.4. The summed E-state index contributed by atoms with van der Waals surface area (Å²) in [7, 11) is 1.99. The van der Waals surface area contributed by atoms with Crippen LogP contribution in [0.25, 0.3) is 10.2 Å². The third kappa shape index (κ3) is 9.28. The van der Waals surface area contributed by atoms with E-state index >= 15 is 19.2 Å². The molecular weight excluding hydrogens is 973 g/mol. The van der Waals surface area contributed by atoms with E-state index < -0.39 is 65.4 Å². The molecule has 13 nitrogen and oxygen atoms in total. The molecule has 1 aromatic heterocycles. The van der Waals surface area contributed by atoms with Crippen molar-refractivity contribution in [3.05, 3.63) is 227 Å². The summed E-state index contributed by atoms with van der Waals surface area (Å²) in [6, 6.07) is 53.9. The number of nitrogens with one attached hydrogen (secondary N) is 2. The quantitative estimate of drug-likeness (QED) is 0.0752. The van der Waals surface area contributed by atoms with E-state index in [1.807, 2.05) is 158 Å². The van der Waals surface area contributed by atoms with Crippen LogP contribution >= 0.6 is 11.3 Å². The molecule has 8 aromatic rings. The van der Waals surface area contributed by atoms with Gasteiger partial charge in [-0.2, -0.15) is 0 Å². The molecular formula is C62H54N6O7S. The zero-order valence-electron chi connectivity index (χ0n) is 41.8. The van der Waals surface area contributed by atoms with Crippen molar-refractivity contribution in [3.63, 3.8) is 0 Å². The molecule has 3 aliphatic rings. The van der Waals surface area contributed by atoms with Crippen molar-refractivity contribution in [2.24, 2.45) is 5.92 Å². The first-order valence-electron chi connectivity index (χ1n) is 25.3. The number of aromatic nitrogens is 1. The predicted molar refractivity (Wildman–Crippen MR) is 292 cm³/mol.